The minimum Gasteiger partial charge on any atom is -0.482 e. The van der Waals surface area contributed by atoms with Gasteiger partial charge in [-0.3, -0.25) is 0 Å². The van der Waals surface area contributed by atoms with E-state index in [2.05, 4.69) is 15.3 Å². The van der Waals surface area contributed by atoms with Crippen molar-refractivity contribution in [3.05, 3.63) is 82.6 Å². The van der Waals surface area contributed by atoms with Crippen molar-refractivity contribution in [2.24, 2.45) is 0 Å². The van der Waals surface area contributed by atoms with E-state index in [1.54, 1.807) is 16.8 Å². The van der Waals surface area contributed by atoms with Crippen LogP contribution in [0, 0.1) is 12.7 Å². The number of aromatic nitrogens is 5. The molecule has 30 heavy (non-hydrogen) atoms. The topological polar surface area (TPSA) is 83.8 Å². The second-order valence-electron chi connectivity index (χ2n) is 6.38. The maximum absolute atomic E-state index is 13.7. The first-order valence-corrected chi connectivity index (χ1v) is 10.4. The van der Waals surface area contributed by atoms with Crippen molar-refractivity contribution in [3.8, 4) is 11.4 Å². The summed E-state index contributed by atoms with van der Waals surface area (Å²) >= 11 is 7.94. The van der Waals surface area contributed by atoms with Gasteiger partial charge >= 0.3 is 0 Å². The van der Waals surface area contributed by atoms with Gasteiger partial charge in [-0.1, -0.05) is 53.7 Å². The Morgan fingerprint density at radius 1 is 1.10 bits per heavy atom. The van der Waals surface area contributed by atoms with E-state index < -0.39 is 5.82 Å². The zero-order chi connectivity index (χ0) is 21.1. The van der Waals surface area contributed by atoms with Crippen LogP contribution < -0.4 is 10.6 Å². The van der Waals surface area contributed by atoms with Crippen LogP contribution in [0.3, 0.4) is 0 Å². The van der Waals surface area contributed by atoms with Crippen LogP contribution >= 0.6 is 23.4 Å². The van der Waals surface area contributed by atoms with Crippen molar-refractivity contribution in [2.45, 2.75) is 24.4 Å². The zero-order valence-corrected chi connectivity index (χ0v) is 17.6. The van der Waals surface area contributed by atoms with Gasteiger partial charge in [0.1, 0.15) is 11.8 Å². The fraction of sp³-hybridized carbons (Fsp3) is 0.150. The molecule has 0 saturated heterocycles. The van der Waals surface area contributed by atoms with Crippen LogP contribution in [0.1, 0.15) is 17.1 Å². The van der Waals surface area contributed by atoms with E-state index in [1.807, 2.05) is 37.3 Å². The molecule has 2 aromatic carbocycles. The molecular weight excluding hydrogens is 427 g/mol. The van der Waals surface area contributed by atoms with E-state index in [4.69, 9.17) is 22.2 Å². The van der Waals surface area contributed by atoms with Gasteiger partial charge in [-0.2, -0.15) is 5.10 Å². The van der Waals surface area contributed by atoms with Gasteiger partial charge in [0.15, 0.2) is 17.4 Å². The highest BCUT2D eigenvalue weighted by Crippen LogP contribution is 2.29. The highest BCUT2D eigenvalue weighted by molar-refractivity contribution is 7.98. The number of nitrogens with two attached hydrogens (primary N) is 1. The average Bonchev–Trinajstić information content (AvgIpc) is 3.25. The molecule has 4 rings (SSSR count). The van der Waals surface area contributed by atoms with Gasteiger partial charge in [0, 0.05) is 11.3 Å². The summed E-state index contributed by atoms with van der Waals surface area (Å²) < 4.78 is 22.2. The molecule has 0 spiro atoms. The third-order valence-electron chi connectivity index (χ3n) is 4.40. The highest BCUT2D eigenvalue weighted by atomic mass is 35.5. The zero-order valence-electron chi connectivity index (χ0n) is 16.0. The van der Waals surface area contributed by atoms with Crippen LogP contribution in [0.15, 0.2) is 59.8 Å². The van der Waals surface area contributed by atoms with Crippen LogP contribution in [0.25, 0.3) is 5.69 Å². The first-order chi connectivity index (χ1) is 14.5. The molecule has 0 aliphatic rings. The predicted octanol–water partition coefficient (Wildman–Crippen LogP) is 4.15. The molecule has 2 heterocycles. The fourth-order valence-corrected chi connectivity index (χ4v) is 4.16. The molecule has 0 aliphatic heterocycles. The third-order valence-corrected chi connectivity index (χ3v) is 5.75. The van der Waals surface area contributed by atoms with Crippen LogP contribution in [-0.2, 0) is 12.4 Å². The molecule has 0 aliphatic carbocycles. The second kappa shape index (κ2) is 8.76. The van der Waals surface area contributed by atoms with Gasteiger partial charge < -0.3 is 10.6 Å². The minimum absolute atomic E-state index is 0.00326. The second-order valence-corrected chi connectivity index (χ2v) is 7.68. The molecule has 0 bridgehead atoms. The van der Waals surface area contributed by atoms with Gasteiger partial charge in [0.25, 0.3) is 0 Å². The van der Waals surface area contributed by atoms with Gasteiger partial charge in [0.2, 0.25) is 5.16 Å². The molecule has 0 amide bonds. The number of hydrogen-bond acceptors (Lipinski definition) is 6. The van der Waals surface area contributed by atoms with Crippen LogP contribution in [0.5, 0.6) is 5.75 Å². The monoisotopic (exact) mass is 444 g/mol. The maximum atomic E-state index is 13.7. The number of benzene rings is 2. The molecule has 0 fully saturated rings. The van der Waals surface area contributed by atoms with E-state index >= 15 is 0 Å². The van der Waals surface area contributed by atoms with Crippen LogP contribution in [0.2, 0.25) is 5.15 Å². The normalized spacial score (nSPS) is 11.0. The summed E-state index contributed by atoms with van der Waals surface area (Å²) in [6.07, 6.45) is 0. The number of para-hydroxylation sites is 2. The highest BCUT2D eigenvalue weighted by Gasteiger charge is 2.17. The molecule has 2 N–H and O–H groups in total. The van der Waals surface area contributed by atoms with Crippen molar-refractivity contribution >= 4 is 23.4 Å². The molecule has 10 heteroatoms. The first kappa shape index (κ1) is 20.2. The van der Waals surface area contributed by atoms with Gasteiger partial charge in [-0.05, 0) is 31.2 Å². The lowest BCUT2D eigenvalue weighted by atomic mass is 10.3. The molecule has 2 aromatic heterocycles. The quantitative estimate of drug-likeness (QED) is 0.340. The molecular formula is C20H18ClFN6OS. The van der Waals surface area contributed by atoms with E-state index in [1.165, 1.54) is 28.6 Å². The Labute approximate surface area is 181 Å². The number of aryl methyl sites for hydroxylation is 1. The number of halogens is 2. The summed E-state index contributed by atoms with van der Waals surface area (Å²) in [6.45, 7) is 1.90. The summed E-state index contributed by atoms with van der Waals surface area (Å²) in [5.41, 5.74) is 2.59. The summed E-state index contributed by atoms with van der Waals surface area (Å²) in [5.74, 6) is 6.66. The number of nitrogens with zero attached hydrogens (tertiary/aromatic N) is 5. The number of rotatable bonds is 7. The maximum Gasteiger partial charge on any atom is 0.210 e. The Balaban J connectivity index is 1.45. The Morgan fingerprint density at radius 2 is 1.83 bits per heavy atom. The van der Waals surface area contributed by atoms with Crippen LogP contribution in [0.4, 0.5) is 4.39 Å². The van der Waals surface area contributed by atoms with Crippen LogP contribution in [-0.4, -0.2) is 24.7 Å². The summed E-state index contributed by atoms with van der Waals surface area (Å²) in [5, 5.41) is 13.7. The summed E-state index contributed by atoms with van der Waals surface area (Å²) in [6, 6.07) is 15.8. The number of hydrogen-bond donors (Lipinski definition) is 1. The Morgan fingerprint density at radius 3 is 2.60 bits per heavy atom. The molecule has 7 nitrogen and oxygen atoms in total. The van der Waals surface area contributed by atoms with Crippen molar-refractivity contribution in [2.75, 3.05) is 5.84 Å². The molecule has 0 unspecified atom stereocenters. The first-order valence-electron chi connectivity index (χ1n) is 9.03. The van der Waals surface area contributed by atoms with Crippen molar-refractivity contribution < 1.29 is 9.13 Å². The lowest BCUT2D eigenvalue weighted by Gasteiger charge is -2.07. The summed E-state index contributed by atoms with van der Waals surface area (Å²) in [4.78, 5) is 0. The van der Waals surface area contributed by atoms with Gasteiger partial charge in [-0.25, -0.2) is 13.7 Å². The smallest absolute Gasteiger partial charge is 0.210 e. The predicted molar refractivity (Wildman–Crippen MR) is 114 cm³/mol. The van der Waals surface area contributed by atoms with E-state index in [9.17, 15) is 4.39 Å². The van der Waals surface area contributed by atoms with Crippen molar-refractivity contribution in [3.63, 3.8) is 0 Å². The average molecular weight is 445 g/mol. The van der Waals surface area contributed by atoms with E-state index in [0.717, 1.165) is 16.9 Å². The van der Waals surface area contributed by atoms with Gasteiger partial charge in [0.05, 0.1) is 11.4 Å². The third kappa shape index (κ3) is 4.12. The molecule has 0 atom stereocenters. The number of nitrogen functional groups attached to an aromatic ring is 1. The SMILES string of the molecule is Cc1nn(-c2ccccc2)c(Cl)c1CSc1nnc(COc2ccccc2F)n1N. The standard InChI is InChI=1S/C20H18ClFN6OS/c1-13-15(19(21)28(26-13)14-7-3-2-4-8-14)12-30-20-25-24-18(27(20)23)11-29-17-10-6-5-9-16(17)22/h2-10H,11-12,23H2,1H3. The lowest BCUT2D eigenvalue weighted by molar-refractivity contribution is 0.277. The molecule has 4 aromatic rings. The summed E-state index contributed by atoms with van der Waals surface area (Å²) in [7, 11) is 0. The Kier molecular flexibility index (Phi) is 5.91. The molecule has 0 saturated carbocycles. The van der Waals surface area contributed by atoms with Crippen molar-refractivity contribution in [1.29, 1.82) is 0 Å². The minimum atomic E-state index is -0.448. The van der Waals surface area contributed by atoms with E-state index in [-0.39, 0.29) is 12.4 Å². The number of thioether (sulfide) groups is 1. The largest absolute Gasteiger partial charge is 0.482 e. The van der Waals surface area contributed by atoms with Gasteiger partial charge in [-0.15, -0.1) is 10.2 Å². The Bertz CT molecular complexity index is 1160. The fourth-order valence-electron chi connectivity index (χ4n) is 2.78. The Hall–Kier alpha value is -3.04. The molecule has 0 radical (unpaired) electrons. The lowest BCUT2D eigenvalue weighted by Crippen LogP contribution is -2.16. The number of ether oxygens (including phenoxy) is 1. The van der Waals surface area contributed by atoms with Crippen molar-refractivity contribution in [1.82, 2.24) is 24.7 Å². The van der Waals surface area contributed by atoms with E-state index in [0.29, 0.717) is 21.9 Å². The molecule has 154 valence electrons.